The third-order valence-electron chi connectivity index (χ3n) is 6.98. The molecule has 0 amide bonds. The Labute approximate surface area is 233 Å². The van der Waals surface area contributed by atoms with Gasteiger partial charge in [-0.05, 0) is 86.4 Å². The van der Waals surface area contributed by atoms with E-state index in [4.69, 9.17) is 14.1 Å². The fourth-order valence-corrected chi connectivity index (χ4v) is 6.70. The van der Waals surface area contributed by atoms with Gasteiger partial charge in [-0.3, -0.25) is 9.69 Å². The molecule has 5 rings (SSSR count). The summed E-state index contributed by atoms with van der Waals surface area (Å²) in [4.78, 5) is 17.2. The minimum absolute atomic E-state index is 0.100. The van der Waals surface area contributed by atoms with Gasteiger partial charge < -0.3 is 8.92 Å². The molecule has 1 aliphatic rings. The predicted octanol–water partition coefficient (Wildman–Crippen LogP) is 5.94. The van der Waals surface area contributed by atoms with Gasteiger partial charge in [-0.2, -0.15) is 13.6 Å². The van der Waals surface area contributed by atoms with Crippen LogP contribution in [0.3, 0.4) is 0 Å². The van der Waals surface area contributed by atoms with Crippen LogP contribution < -0.4 is 14.1 Å². The summed E-state index contributed by atoms with van der Waals surface area (Å²) in [5.41, 5.74) is 3.10. The Morgan fingerprint density at radius 3 is 2.33 bits per heavy atom. The van der Waals surface area contributed by atoms with Gasteiger partial charge in [0.25, 0.3) is 0 Å². The molecule has 39 heavy (non-hydrogen) atoms. The van der Waals surface area contributed by atoms with Crippen molar-refractivity contribution < 1.29 is 22.1 Å². The number of carbonyl (C=O) groups is 1. The number of aryl methyl sites for hydroxylation is 1. The molecule has 0 bridgehead atoms. The van der Waals surface area contributed by atoms with Crippen molar-refractivity contribution in [1.29, 1.82) is 0 Å². The van der Waals surface area contributed by atoms with Crippen LogP contribution in [0.2, 0.25) is 0 Å². The van der Waals surface area contributed by atoms with E-state index < -0.39 is 10.3 Å². The lowest BCUT2D eigenvalue weighted by Crippen LogP contribution is -2.29. The van der Waals surface area contributed by atoms with Crippen LogP contribution in [0.4, 0.5) is 0 Å². The second-order valence-electron chi connectivity index (χ2n) is 9.81. The number of hydrogen-bond donors (Lipinski definition) is 1. The molecule has 0 unspecified atom stereocenters. The van der Waals surface area contributed by atoms with Gasteiger partial charge in [0.05, 0.1) is 0 Å². The molecule has 204 valence electrons. The molecule has 0 aliphatic carbocycles. The summed E-state index contributed by atoms with van der Waals surface area (Å²) >= 11 is 1.42. The number of rotatable bonds is 9. The molecule has 2 heterocycles. The zero-order chi connectivity index (χ0) is 27.4. The Hall–Kier alpha value is -3.24. The minimum Gasteiger partial charge on any atom is -0.492 e. The molecule has 0 saturated carbocycles. The Morgan fingerprint density at radius 2 is 1.64 bits per heavy atom. The zero-order valence-electron chi connectivity index (χ0n) is 21.9. The van der Waals surface area contributed by atoms with E-state index in [1.807, 2.05) is 43.3 Å². The van der Waals surface area contributed by atoms with Crippen molar-refractivity contribution in [3.8, 4) is 21.9 Å². The number of likely N-dealkylation sites (tertiary alicyclic amines) is 1. The Balaban J connectivity index is 1.41. The van der Waals surface area contributed by atoms with Crippen molar-refractivity contribution in [2.45, 2.75) is 32.6 Å². The molecule has 3 aromatic carbocycles. The number of nitrogens with zero attached hydrogens (tertiary/aromatic N) is 1. The average molecular weight is 565 g/mol. The number of fused-ring (bicyclic) bond motifs is 1. The third kappa shape index (κ3) is 6.67. The first-order valence-electron chi connectivity index (χ1n) is 13.1. The highest BCUT2D eigenvalue weighted by Crippen LogP contribution is 2.42. The molecule has 4 aromatic rings. The maximum absolute atomic E-state index is 13.9. The smallest absolute Gasteiger partial charge is 0.380 e. The van der Waals surface area contributed by atoms with Crippen LogP contribution in [-0.4, -0.2) is 45.3 Å². The number of benzene rings is 3. The lowest BCUT2D eigenvalue weighted by atomic mass is 9.96. The molecule has 9 heteroatoms. The number of hydrogen-bond acceptors (Lipinski definition) is 7. The minimum atomic E-state index is -4.16. The van der Waals surface area contributed by atoms with Crippen molar-refractivity contribution in [3.05, 3.63) is 83.4 Å². The first-order valence-corrected chi connectivity index (χ1v) is 15.4. The van der Waals surface area contributed by atoms with Gasteiger partial charge in [-0.25, -0.2) is 0 Å². The van der Waals surface area contributed by atoms with E-state index in [0.29, 0.717) is 17.7 Å². The van der Waals surface area contributed by atoms with Crippen molar-refractivity contribution in [1.82, 2.24) is 4.90 Å². The molecule has 1 saturated heterocycles. The van der Waals surface area contributed by atoms with Crippen LogP contribution in [0.5, 0.6) is 11.5 Å². The van der Waals surface area contributed by atoms with Gasteiger partial charge in [0.2, 0.25) is 0 Å². The summed E-state index contributed by atoms with van der Waals surface area (Å²) in [5.74, 6) is 0.722. The molecule has 1 fully saturated rings. The van der Waals surface area contributed by atoms with Crippen LogP contribution in [-0.2, 0) is 10.3 Å². The topological polar surface area (TPSA) is 98.9 Å². The standard InChI is InChI=1S/C30H32N2O5S2/c1-21-8-4-5-9-25(21)30-28(26-15-14-24(20-27(26)38-30)37-39(31,34)35)29(33)22-10-12-23(13-11-22)36-19-18-32-16-6-2-3-7-17-32/h4-5,8-15,20H,2-3,6-7,16-19H2,1H3,(H2,31,34,35). The summed E-state index contributed by atoms with van der Waals surface area (Å²) in [5, 5.41) is 5.78. The molecule has 0 spiro atoms. The number of nitrogens with two attached hydrogens (primary N) is 1. The monoisotopic (exact) mass is 564 g/mol. The first kappa shape index (κ1) is 27.3. The first-order chi connectivity index (χ1) is 18.8. The number of carbonyl (C=O) groups excluding carboxylic acids is 1. The zero-order valence-corrected chi connectivity index (χ0v) is 23.5. The molecule has 7 nitrogen and oxygen atoms in total. The van der Waals surface area contributed by atoms with Gasteiger partial charge in [0.1, 0.15) is 18.1 Å². The summed E-state index contributed by atoms with van der Waals surface area (Å²) in [6.07, 6.45) is 5.11. The summed E-state index contributed by atoms with van der Waals surface area (Å²) in [7, 11) is -4.16. The Kier molecular flexibility index (Phi) is 8.32. The third-order valence-corrected chi connectivity index (χ3v) is 8.59. The fraction of sp³-hybridized carbons (Fsp3) is 0.300. The van der Waals surface area contributed by atoms with Crippen LogP contribution in [0.15, 0.2) is 66.7 Å². The molecule has 1 aromatic heterocycles. The number of ether oxygens (including phenoxy) is 1. The lowest BCUT2D eigenvalue weighted by Gasteiger charge is -2.19. The van der Waals surface area contributed by atoms with Crippen molar-refractivity contribution in [3.63, 3.8) is 0 Å². The molecule has 1 aliphatic heterocycles. The van der Waals surface area contributed by atoms with E-state index in [1.165, 1.54) is 43.1 Å². The highest BCUT2D eigenvalue weighted by Gasteiger charge is 2.23. The molecule has 0 atom stereocenters. The summed E-state index contributed by atoms with van der Waals surface area (Å²) in [6.45, 7) is 5.77. The SMILES string of the molecule is Cc1ccccc1-c1sc2cc(OS(N)(=O)=O)ccc2c1C(=O)c1ccc(OCCN2CCCCCC2)cc1. The predicted molar refractivity (Wildman–Crippen MR) is 156 cm³/mol. The van der Waals surface area contributed by atoms with Crippen LogP contribution in [0, 0.1) is 6.92 Å². The van der Waals surface area contributed by atoms with Gasteiger partial charge in [0.15, 0.2) is 5.78 Å². The van der Waals surface area contributed by atoms with Crippen molar-refractivity contribution in [2.75, 3.05) is 26.2 Å². The van der Waals surface area contributed by atoms with E-state index >= 15 is 0 Å². The summed E-state index contributed by atoms with van der Waals surface area (Å²) < 4.78 is 34.5. The maximum atomic E-state index is 13.9. The van der Waals surface area contributed by atoms with E-state index in [-0.39, 0.29) is 11.5 Å². The largest absolute Gasteiger partial charge is 0.492 e. The van der Waals surface area contributed by atoms with Crippen molar-refractivity contribution in [2.24, 2.45) is 5.14 Å². The summed E-state index contributed by atoms with van der Waals surface area (Å²) in [6, 6.07) is 20.0. The fourth-order valence-electron chi connectivity index (χ4n) is 5.00. The Morgan fingerprint density at radius 1 is 0.949 bits per heavy atom. The molecular formula is C30H32N2O5S2. The molecule has 2 N–H and O–H groups in total. The number of thiophene rings is 1. The van der Waals surface area contributed by atoms with E-state index in [0.717, 1.165) is 51.5 Å². The van der Waals surface area contributed by atoms with Gasteiger partial charge in [-0.15, -0.1) is 11.3 Å². The van der Waals surface area contributed by atoms with Crippen LogP contribution in [0.25, 0.3) is 20.5 Å². The maximum Gasteiger partial charge on any atom is 0.380 e. The normalized spacial score (nSPS) is 14.7. The lowest BCUT2D eigenvalue weighted by molar-refractivity contribution is 0.104. The van der Waals surface area contributed by atoms with Crippen LogP contribution >= 0.6 is 11.3 Å². The quantitative estimate of drug-likeness (QED) is 0.253. The highest BCUT2D eigenvalue weighted by molar-refractivity contribution is 7.84. The average Bonchev–Trinajstić information content (AvgIpc) is 3.07. The molecular weight excluding hydrogens is 532 g/mol. The van der Waals surface area contributed by atoms with E-state index in [9.17, 15) is 13.2 Å². The van der Waals surface area contributed by atoms with E-state index in [2.05, 4.69) is 4.90 Å². The Bertz CT molecular complexity index is 1570. The van der Waals surface area contributed by atoms with E-state index in [1.54, 1.807) is 24.3 Å². The van der Waals surface area contributed by atoms with Crippen molar-refractivity contribution >= 4 is 37.5 Å². The second kappa shape index (κ2) is 11.9. The van der Waals surface area contributed by atoms with Gasteiger partial charge >= 0.3 is 10.3 Å². The molecule has 0 radical (unpaired) electrons. The second-order valence-corrected chi connectivity index (χ2v) is 12.0. The van der Waals surface area contributed by atoms with Gasteiger partial charge in [-0.1, -0.05) is 37.1 Å². The highest BCUT2D eigenvalue weighted by atomic mass is 32.2. The number of ketones is 1. The van der Waals surface area contributed by atoms with Gasteiger partial charge in [0, 0.05) is 32.6 Å². The van der Waals surface area contributed by atoms with Crippen LogP contribution in [0.1, 0.15) is 47.2 Å².